The summed E-state index contributed by atoms with van der Waals surface area (Å²) in [4.78, 5) is 129. The Morgan fingerprint density at radius 2 is 0.978 bits per heavy atom. The molecule has 21 nitrogen and oxygen atoms in total. The Morgan fingerprint density at radius 3 is 1.46 bits per heavy atom. The number of amides is 4. The molecule has 488 valence electrons. The lowest BCUT2D eigenvalue weighted by Crippen LogP contribution is -2.34. The highest BCUT2D eigenvalue weighted by atomic mass is 16.6. The van der Waals surface area contributed by atoms with E-state index in [4.69, 9.17) is 18.9 Å². The minimum absolute atomic E-state index is 0.0458. The molecule has 4 amide bonds. The SMILES string of the molecule is C=CC1CC(/C=C\C2CC(/C=C\C3CC(C=C)[C@@H]4C(=O)N(Cc5cn(C(CC(C)(C)C(=O)OC)c6ccccc6)nn5)C(=O)[C@H]34)[C@@H]3C(=O)N(CCCCCC(=O)OCCOC)C(=O)[C@H]23)[C@@H]2C(=O)C(Cc3cn(C(CC(C)(C)C(=O)OC)c4ccccc4)nn3)C(=O)[C@H]12. The lowest BCUT2D eigenvalue weighted by Gasteiger charge is -2.27. The average molecular weight is 1260 g/mol. The fraction of sp³-hybridized carbons (Fsp3) is 0.535. The molecule has 6 fully saturated rings. The highest BCUT2D eigenvalue weighted by molar-refractivity contribution is 6.12. The molecule has 6 aliphatic rings. The van der Waals surface area contributed by atoms with Gasteiger partial charge >= 0.3 is 17.9 Å². The monoisotopic (exact) mass is 1260 g/mol. The maximum absolute atomic E-state index is 14.8. The molecular weight excluding hydrogens is 1170 g/mol. The number of rotatable bonds is 29. The number of unbranched alkanes of at least 4 members (excludes halogenated alkanes) is 2. The standard InChI is InChI=1S/C71H86N8O13/c1-10-42-33-46(57-56(42)62(81)52(63(57)82)36-50-40-78(74-72-50)53(44-21-15-12-16-22-44)37-70(3,4)68(87)90-8)26-27-48-35-49(61-60(48)64(83)76(65(61)84)30-20-14-19-25-55(80)92-32-31-89-7)29-28-47-34-43(11-2)58-59(47)67(86)77(66(58)85)39-51-41-79(75-73-51)54(45-23-17-13-18-24-45)38-71(5,6)69(88)91-9/h10-13,15-18,21-24,26-29,40-43,46-49,52-54,56-61H,1-2,14,19-20,25,30-39H2,3-9H3/b27-26-,29-28-/t42?,43?,46?,47?,48?,49?,52?,53?,54?,56-,57+,58+,59-,60-,61+/m1/s1. The van der Waals surface area contributed by atoms with Crippen molar-refractivity contribution in [3.05, 3.63) is 145 Å². The predicted molar refractivity (Wildman–Crippen MR) is 335 cm³/mol. The van der Waals surface area contributed by atoms with Gasteiger partial charge in [-0.1, -0.05) is 114 Å². The van der Waals surface area contributed by atoms with Gasteiger partial charge in [-0.3, -0.25) is 53.0 Å². The predicted octanol–water partition coefficient (Wildman–Crippen LogP) is 8.32. The molecular formula is C71H86N8O13. The zero-order chi connectivity index (χ0) is 65.8. The van der Waals surface area contributed by atoms with Crippen molar-refractivity contribution >= 4 is 53.1 Å². The van der Waals surface area contributed by atoms with Crippen molar-refractivity contribution in [1.82, 2.24) is 39.8 Å². The number of carbonyl (C=O) groups is 9. The molecule has 4 aromatic rings. The molecule has 4 aliphatic carbocycles. The lowest BCUT2D eigenvalue weighted by atomic mass is 9.83. The number of carbonyl (C=O) groups excluding carboxylic acids is 9. The van der Waals surface area contributed by atoms with E-state index in [-0.39, 0.29) is 110 Å². The van der Waals surface area contributed by atoms with Crippen LogP contribution in [0.3, 0.4) is 0 Å². The molecule has 4 saturated carbocycles. The zero-order valence-corrected chi connectivity index (χ0v) is 53.8. The first kappa shape index (κ1) is 66.6. The Morgan fingerprint density at radius 1 is 0.554 bits per heavy atom. The molecule has 0 spiro atoms. The van der Waals surface area contributed by atoms with Gasteiger partial charge in [-0.05, 0) is 119 Å². The number of likely N-dealkylation sites (tertiary alicyclic amines) is 2. The molecule has 92 heavy (non-hydrogen) atoms. The molecule has 21 heteroatoms. The van der Waals surface area contributed by atoms with Gasteiger partial charge < -0.3 is 18.9 Å². The van der Waals surface area contributed by atoms with Crippen LogP contribution in [0.1, 0.15) is 120 Å². The van der Waals surface area contributed by atoms with E-state index in [1.807, 2.05) is 98.8 Å². The Balaban J connectivity index is 0.869. The summed E-state index contributed by atoms with van der Waals surface area (Å²) in [6.07, 6.45) is 18.7. The summed E-state index contributed by atoms with van der Waals surface area (Å²) >= 11 is 0. The summed E-state index contributed by atoms with van der Waals surface area (Å²) in [5.41, 5.74) is 0.867. The second-order valence-electron chi connectivity index (χ2n) is 27.2. The molecule has 2 aromatic heterocycles. The molecule has 0 bridgehead atoms. The first-order chi connectivity index (χ1) is 44.1. The number of fused-ring (bicyclic) bond motifs is 3. The summed E-state index contributed by atoms with van der Waals surface area (Å²) in [6, 6.07) is 18.4. The van der Waals surface area contributed by atoms with Crippen LogP contribution in [-0.2, 0) is 75.1 Å². The third-order valence-electron chi connectivity index (χ3n) is 20.5. The summed E-state index contributed by atoms with van der Waals surface area (Å²) in [6.45, 7) is 15.9. The highest BCUT2D eigenvalue weighted by Gasteiger charge is 2.61. The first-order valence-corrected chi connectivity index (χ1v) is 32.3. The van der Waals surface area contributed by atoms with E-state index >= 15 is 0 Å². The highest BCUT2D eigenvalue weighted by Crippen LogP contribution is 2.54. The average Bonchev–Trinajstić information content (AvgIpc) is 1.60. The van der Waals surface area contributed by atoms with E-state index in [0.29, 0.717) is 62.8 Å². The Hall–Kier alpha value is -8.33. The van der Waals surface area contributed by atoms with E-state index in [1.165, 1.54) is 31.1 Å². The van der Waals surface area contributed by atoms with Crippen molar-refractivity contribution in [2.75, 3.05) is 41.1 Å². The van der Waals surface area contributed by atoms with Crippen molar-refractivity contribution in [1.29, 1.82) is 0 Å². The van der Waals surface area contributed by atoms with Crippen LogP contribution in [0, 0.1) is 87.8 Å². The van der Waals surface area contributed by atoms with Gasteiger partial charge in [-0.25, -0.2) is 9.36 Å². The summed E-state index contributed by atoms with van der Waals surface area (Å²) < 4.78 is 23.8. The third kappa shape index (κ3) is 13.5. The number of allylic oxidation sites excluding steroid dienone is 6. The van der Waals surface area contributed by atoms with Crippen molar-refractivity contribution in [3.8, 4) is 0 Å². The van der Waals surface area contributed by atoms with Crippen molar-refractivity contribution in [2.45, 2.75) is 111 Å². The van der Waals surface area contributed by atoms with E-state index < -0.39 is 82.1 Å². The maximum Gasteiger partial charge on any atom is 0.311 e. The topological polar surface area (TPSA) is 258 Å². The van der Waals surface area contributed by atoms with Gasteiger partial charge in [-0.2, -0.15) is 0 Å². The molecule has 2 saturated heterocycles. The number of Topliss-reactive ketones (excluding diaryl/α,β-unsaturated/α-hetero) is 2. The quantitative estimate of drug-likeness (QED) is 0.0124. The fourth-order valence-electron chi connectivity index (χ4n) is 15.8. The molecule has 2 aromatic carbocycles. The number of ketones is 2. The van der Waals surface area contributed by atoms with Gasteiger partial charge in [0.05, 0.1) is 91.8 Å². The molecule has 15 atom stereocenters. The molecule has 9 unspecified atom stereocenters. The van der Waals surface area contributed by atoms with Gasteiger partial charge in [-0.15, -0.1) is 23.4 Å². The van der Waals surface area contributed by atoms with Crippen molar-refractivity contribution in [3.63, 3.8) is 0 Å². The number of ether oxygens (including phenoxy) is 4. The van der Waals surface area contributed by atoms with Crippen LogP contribution in [0.5, 0.6) is 0 Å². The van der Waals surface area contributed by atoms with E-state index in [9.17, 15) is 43.2 Å². The fourth-order valence-corrected chi connectivity index (χ4v) is 15.8. The molecule has 2 aliphatic heterocycles. The normalized spacial score (nSPS) is 27.7. The third-order valence-corrected chi connectivity index (χ3v) is 20.5. The van der Waals surface area contributed by atoms with Gasteiger partial charge in [0.2, 0.25) is 23.6 Å². The lowest BCUT2D eigenvalue weighted by molar-refractivity contribution is -0.152. The van der Waals surface area contributed by atoms with E-state index in [2.05, 4.69) is 33.8 Å². The van der Waals surface area contributed by atoms with Gasteiger partial charge in [0.25, 0.3) is 0 Å². The second-order valence-corrected chi connectivity index (χ2v) is 27.2. The number of esters is 3. The number of nitrogens with zero attached hydrogens (tertiary/aromatic N) is 8. The van der Waals surface area contributed by atoms with Gasteiger partial charge in [0.15, 0.2) is 0 Å². The van der Waals surface area contributed by atoms with Crippen LogP contribution in [0.25, 0.3) is 0 Å². The molecule has 4 heterocycles. The number of benzene rings is 2. The maximum atomic E-state index is 14.8. The van der Waals surface area contributed by atoms with Crippen LogP contribution >= 0.6 is 0 Å². The van der Waals surface area contributed by atoms with E-state index in [0.717, 1.165) is 11.1 Å². The van der Waals surface area contributed by atoms with E-state index in [1.54, 1.807) is 47.8 Å². The molecule has 0 radical (unpaired) electrons. The molecule has 10 rings (SSSR count). The largest absolute Gasteiger partial charge is 0.469 e. The van der Waals surface area contributed by atoms with Crippen LogP contribution in [0.4, 0.5) is 0 Å². The number of hydrogen-bond acceptors (Lipinski definition) is 17. The minimum atomic E-state index is -0.971. The van der Waals surface area contributed by atoms with Crippen LogP contribution in [0.2, 0.25) is 0 Å². The number of aromatic nitrogens is 6. The first-order valence-electron chi connectivity index (χ1n) is 32.3. The molecule has 0 N–H and O–H groups in total. The van der Waals surface area contributed by atoms with Crippen molar-refractivity contribution < 1.29 is 62.1 Å². The Bertz CT molecular complexity index is 3290. The van der Waals surface area contributed by atoms with Crippen LogP contribution in [0.15, 0.2) is 123 Å². The van der Waals surface area contributed by atoms with Gasteiger partial charge in [0, 0.05) is 44.5 Å². The zero-order valence-electron chi connectivity index (χ0n) is 53.8. The summed E-state index contributed by atoms with van der Waals surface area (Å²) in [5, 5.41) is 17.8. The number of methoxy groups -OCH3 is 3. The second kappa shape index (κ2) is 28.3. The smallest absolute Gasteiger partial charge is 0.311 e. The Labute approximate surface area is 537 Å². The van der Waals surface area contributed by atoms with Gasteiger partial charge in [0.1, 0.15) is 23.9 Å². The van der Waals surface area contributed by atoms with Crippen molar-refractivity contribution in [2.24, 2.45) is 87.8 Å². The summed E-state index contributed by atoms with van der Waals surface area (Å²) in [5.74, 6) is -10.0. The number of imide groups is 2. The summed E-state index contributed by atoms with van der Waals surface area (Å²) in [7, 11) is 4.23. The van der Waals surface area contributed by atoms with Crippen LogP contribution < -0.4 is 0 Å². The number of hydrogen-bond donors (Lipinski definition) is 0. The minimum Gasteiger partial charge on any atom is -0.469 e. The Kier molecular flexibility index (Phi) is 20.5. The van der Waals surface area contributed by atoms with Crippen LogP contribution in [-0.4, -0.2) is 134 Å².